The number of carbonyl (C=O) groups is 2. The number of Topliss-reactive ketones (excluding diaryl/α,β-unsaturated/α-hetero) is 2. The lowest BCUT2D eigenvalue weighted by molar-refractivity contribution is -0.561. The molecule has 0 saturated carbocycles. The van der Waals surface area contributed by atoms with E-state index in [0.29, 0.717) is 31.6 Å². The van der Waals surface area contributed by atoms with Crippen molar-refractivity contribution >= 4 is 68.3 Å². The van der Waals surface area contributed by atoms with Gasteiger partial charge in [0.15, 0.2) is 0 Å². The Morgan fingerprint density at radius 3 is 0.658 bits per heavy atom. The first kappa shape index (κ1) is 59.7. The van der Waals surface area contributed by atoms with Crippen LogP contribution in [0.3, 0.4) is 0 Å². The molecular weight excluding hydrogens is 1190 g/mol. The number of rotatable bonds is 22. The number of carbonyl (C=O) groups excluding carboxylic acids is 2. The fraction of sp³-hybridized carbons (Fsp3) is 0.353. The number of alkyl halides is 26. The van der Waals surface area contributed by atoms with Crippen LogP contribution in [-0.4, -0.2) is 85.4 Å². The molecule has 5 aromatic heterocycles. The first-order valence-corrected chi connectivity index (χ1v) is 21.4. The normalized spacial score (nSPS) is 14.6. The van der Waals surface area contributed by atoms with Gasteiger partial charge in [-0.05, 0) is 60.7 Å². The van der Waals surface area contributed by atoms with Gasteiger partial charge in [-0.2, -0.15) is 87.8 Å². The van der Waals surface area contributed by atoms with E-state index in [9.17, 15) is 124 Å². The quantitative estimate of drug-likeness (QED) is 0.0500. The lowest BCUT2D eigenvalue weighted by atomic mass is 10.3. The van der Waals surface area contributed by atoms with Crippen molar-refractivity contribution in [1.29, 1.82) is 0 Å². The molecule has 0 unspecified atom stereocenters. The van der Waals surface area contributed by atoms with Gasteiger partial charge in [-0.25, -0.2) is 28.4 Å². The number of hydrogen-bond acceptors (Lipinski definition) is 13. The fourth-order valence-corrected chi connectivity index (χ4v) is 10.1. The average Bonchev–Trinajstić information content (AvgIpc) is 4.03. The number of ether oxygens (including phenoxy) is 6. The van der Waals surface area contributed by atoms with Crippen LogP contribution in [0.1, 0.15) is 19.3 Å². The van der Waals surface area contributed by atoms with E-state index in [-0.39, 0.29) is 42.2 Å². The van der Waals surface area contributed by atoms with E-state index in [1.807, 2.05) is 0 Å². The zero-order chi connectivity index (χ0) is 55.8. The van der Waals surface area contributed by atoms with Crippen LogP contribution in [0.15, 0.2) is 60.7 Å². The molecule has 0 N–H and O–H groups in total. The Morgan fingerprint density at radius 1 is 0.260 bits per heavy atom. The molecule has 8 nitrogen and oxygen atoms in total. The van der Waals surface area contributed by atoms with Crippen molar-refractivity contribution in [3.8, 4) is 39.0 Å². The van der Waals surface area contributed by atoms with E-state index < -0.39 is 95.1 Å². The van der Waals surface area contributed by atoms with Crippen molar-refractivity contribution in [1.82, 2.24) is 0 Å². The van der Waals surface area contributed by atoms with E-state index in [1.165, 1.54) is 36.4 Å². The van der Waals surface area contributed by atoms with Crippen LogP contribution in [0.25, 0.3) is 39.0 Å². The summed E-state index contributed by atoms with van der Waals surface area (Å²) in [5.41, 5.74) is 0. The largest absolute Gasteiger partial charge is 0.527 e. The van der Waals surface area contributed by atoms with Crippen molar-refractivity contribution in [2.45, 2.75) is 73.8 Å². The molecule has 0 bridgehead atoms. The molecule has 0 saturated heterocycles. The number of ketones is 2. The molecule has 0 fully saturated rings. The maximum atomic E-state index is 14.5. The first-order chi connectivity index (χ1) is 32.6. The minimum atomic E-state index is -7.31. The molecule has 5 aromatic rings. The molecule has 39 heteroatoms. The third kappa shape index (κ3) is 13.2. The third-order valence-electron chi connectivity index (χ3n) is 7.85. The smallest absolute Gasteiger partial charge is 0.283 e. The maximum Gasteiger partial charge on any atom is 0.527 e. The maximum absolute atomic E-state index is 14.5. The van der Waals surface area contributed by atoms with Crippen molar-refractivity contribution < 1.29 is 152 Å². The molecule has 73 heavy (non-hydrogen) atoms. The molecule has 0 radical (unpaired) electrons. The first-order valence-electron chi connectivity index (χ1n) is 17.4. The second-order valence-corrected chi connectivity index (χ2v) is 18.6. The zero-order valence-electron chi connectivity index (χ0n) is 32.9. The molecule has 0 atom stereocenters. The van der Waals surface area contributed by atoms with Crippen molar-refractivity contribution in [3.05, 3.63) is 70.4 Å². The fourth-order valence-electron chi connectivity index (χ4n) is 4.78. The van der Waals surface area contributed by atoms with Crippen molar-refractivity contribution in [2.24, 2.45) is 0 Å². The van der Waals surface area contributed by atoms with E-state index in [4.69, 9.17) is 0 Å². The standard InChI is InChI=1S/C34H10F26O8S5/c35-23(36,63-25(39,40)27(43,44)65-29(47,48)31(51,52)67-33(55,56)57)21(61)19-9-7-17(72-19)15-5-3-13(70-15)11-1-2-12(69-11)14-4-6-16(71-14)18-8-10-20(73-18)22(62)24(37,38)64-26(41,42)28(45,46)66-30(49,50)32(53,54)68-34(58,59)60/h1-10H. The number of thiophene rings is 5. The predicted molar refractivity (Wildman–Crippen MR) is 194 cm³/mol. The highest BCUT2D eigenvalue weighted by atomic mass is 32.1. The summed E-state index contributed by atoms with van der Waals surface area (Å²) < 4.78 is 358. The molecule has 0 aromatic carbocycles. The molecule has 0 aliphatic rings. The SMILES string of the molecule is O=C(c1ccc(-c2ccc(-c3ccc(-c4ccc(-c5ccc(C(=O)C(F)(F)OC(F)(F)C(F)(F)OC(F)(F)C(F)(F)OC(F)(F)F)s5)s4)s3)s2)s1)C(F)(F)OC(F)(F)C(F)(F)OC(F)(F)C(F)(F)OC(F)(F)F. The zero-order valence-corrected chi connectivity index (χ0v) is 37.0. The van der Waals surface area contributed by atoms with Gasteiger partial charge >= 0.3 is 73.8 Å². The Bertz CT molecular complexity index is 2600. The molecule has 0 aliphatic carbocycles. The van der Waals surface area contributed by atoms with Gasteiger partial charge in [0.1, 0.15) is 0 Å². The Hall–Kier alpha value is -4.22. The Balaban J connectivity index is 1.24. The van der Waals surface area contributed by atoms with Crippen LogP contribution in [0.4, 0.5) is 114 Å². The van der Waals surface area contributed by atoms with E-state index in [1.54, 1.807) is 18.9 Å². The highest BCUT2D eigenvalue weighted by Gasteiger charge is 2.76. The molecule has 0 spiro atoms. The Kier molecular flexibility index (Phi) is 15.9. The van der Waals surface area contributed by atoms with E-state index in [0.717, 1.165) is 46.1 Å². The van der Waals surface area contributed by atoms with Gasteiger partial charge in [0.2, 0.25) is 0 Å². The topological polar surface area (TPSA) is 89.5 Å². The van der Waals surface area contributed by atoms with Crippen molar-refractivity contribution in [3.63, 3.8) is 0 Å². The Morgan fingerprint density at radius 2 is 0.438 bits per heavy atom. The van der Waals surface area contributed by atoms with Gasteiger partial charge in [0.05, 0.1) is 9.75 Å². The third-order valence-corrected chi connectivity index (χ3v) is 14.1. The summed E-state index contributed by atoms with van der Waals surface area (Å²) in [6.45, 7) is 0. The monoisotopic (exact) mass is 1200 g/mol. The summed E-state index contributed by atoms with van der Waals surface area (Å²) in [6.07, 6.45) is -83.4. The predicted octanol–water partition coefficient (Wildman–Crippen LogP) is 16.1. The second-order valence-electron chi connectivity index (χ2n) is 13.1. The minimum absolute atomic E-state index is 0.0785. The number of halogens is 26. The van der Waals surface area contributed by atoms with Crippen LogP contribution in [0.2, 0.25) is 0 Å². The van der Waals surface area contributed by atoms with Gasteiger partial charge < -0.3 is 0 Å². The summed E-state index contributed by atoms with van der Waals surface area (Å²) in [7, 11) is 0. The van der Waals surface area contributed by atoms with Gasteiger partial charge in [-0.3, -0.25) is 9.59 Å². The molecule has 0 aliphatic heterocycles. The molecular formula is C34H10F26O8S5. The molecule has 5 heterocycles. The van der Waals surface area contributed by atoms with E-state index in [2.05, 4.69) is 9.47 Å². The van der Waals surface area contributed by atoms with Crippen molar-refractivity contribution in [2.75, 3.05) is 0 Å². The lowest BCUT2D eigenvalue weighted by Crippen LogP contribution is -2.57. The van der Waals surface area contributed by atoms with Gasteiger partial charge in [-0.15, -0.1) is 83.0 Å². The Labute approximate surface area is 402 Å². The second kappa shape index (κ2) is 19.4. The van der Waals surface area contributed by atoms with E-state index >= 15 is 0 Å². The minimum Gasteiger partial charge on any atom is -0.283 e. The summed E-state index contributed by atoms with van der Waals surface area (Å²) in [6, 6.07) is 11.3. The summed E-state index contributed by atoms with van der Waals surface area (Å²) in [4.78, 5) is 23.9. The van der Waals surface area contributed by atoms with Crippen LogP contribution < -0.4 is 0 Å². The molecule has 406 valence electrons. The van der Waals surface area contributed by atoms with Crippen LogP contribution in [0.5, 0.6) is 0 Å². The van der Waals surface area contributed by atoms with Gasteiger partial charge in [0, 0.05) is 39.0 Å². The highest BCUT2D eigenvalue weighted by Crippen LogP contribution is 2.52. The highest BCUT2D eigenvalue weighted by molar-refractivity contribution is 7.30. The van der Waals surface area contributed by atoms with Crippen LogP contribution in [-0.2, 0) is 28.4 Å². The van der Waals surface area contributed by atoms with Gasteiger partial charge in [0.25, 0.3) is 11.6 Å². The van der Waals surface area contributed by atoms with Crippen LogP contribution in [0, 0.1) is 0 Å². The molecule has 5 rings (SSSR count). The summed E-state index contributed by atoms with van der Waals surface area (Å²) in [5, 5.41) is 0. The van der Waals surface area contributed by atoms with Crippen LogP contribution >= 0.6 is 56.7 Å². The lowest BCUT2D eigenvalue weighted by Gasteiger charge is -2.33. The summed E-state index contributed by atoms with van der Waals surface area (Å²) in [5.74, 6) is -5.70. The number of hydrogen-bond donors (Lipinski definition) is 0. The average molecular weight is 1200 g/mol. The summed E-state index contributed by atoms with van der Waals surface area (Å²) >= 11 is 2.91. The van der Waals surface area contributed by atoms with Gasteiger partial charge in [-0.1, -0.05) is 0 Å². The molecule has 0 amide bonds.